The molecule has 2 atom stereocenters. The summed E-state index contributed by atoms with van der Waals surface area (Å²) in [5.41, 5.74) is 1.44. The molecule has 1 N–H and O–H groups in total. The van der Waals surface area contributed by atoms with E-state index in [-0.39, 0.29) is 12.1 Å². The Kier molecular flexibility index (Phi) is 6.24. The quantitative estimate of drug-likeness (QED) is 0.832. The van der Waals surface area contributed by atoms with Crippen LogP contribution in [-0.2, 0) is 17.5 Å². The summed E-state index contributed by atoms with van der Waals surface area (Å²) in [4.78, 5) is 10.7. The Morgan fingerprint density at radius 1 is 1.11 bits per heavy atom. The highest BCUT2D eigenvalue weighted by Crippen LogP contribution is 2.32. The van der Waals surface area contributed by atoms with Crippen LogP contribution in [0, 0.1) is 0 Å². The van der Waals surface area contributed by atoms with E-state index in [1.165, 1.54) is 6.07 Å². The van der Waals surface area contributed by atoms with Crippen LogP contribution in [0.3, 0.4) is 0 Å². The van der Waals surface area contributed by atoms with Gasteiger partial charge < -0.3 is 20.0 Å². The predicted octanol–water partition coefficient (Wildman–Crippen LogP) is 4.13. The highest BCUT2D eigenvalue weighted by molar-refractivity contribution is 5.64. The van der Waals surface area contributed by atoms with E-state index in [1.54, 1.807) is 18.2 Å². The summed E-state index contributed by atoms with van der Waals surface area (Å²) in [7, 11) is 0. The van der Waals surface area contributed by atoms with Gasteiger partial charge in [-0.05, 0) is 54.5 Å². The lowest BCUT2D eigenvalue weighted by Crippen LogP contribution is -2.46. The van der Waals surface area contributed by atoms with Crippen molar-refractivity contribution >= 4 is 6.09 Å². The fraction of sp³-hybridized carbons (Fsp3) is 0.381. The van der Waals surface area contributed by atoms with Gasteiger partial charge in [-0.1, -0.05) is 36.4 Å². The predicted molar refractivity (Wildman–Crippen MR) is 96.2 cm³/mol. The van der Waals surface area contributed by atoms with Crippen molar-refractivity contribution in [3.63, 3.8) is 0 Å². The van der Waals surface area contributed by atoms with Gasteiger partial charge in [-0.25, -0.2) is 0 Å². The molecular weight excluding hydrogens is 371 g/mol. The number of carboxylic acid groups (broad SMARTS) is 1. The van der Waals surface area contributed by atoms with Gasteiger partial charge in [-0.2, -0.15) is 13.2 Å². The maximum atomic E-state index is 12.9. The molecule has 4 nitrogen and oxygen atoms in total. The molecule has 2 unspecified atom stereocenters. The molecule has 0 saturated heterocycles. The van der Waals surface area contributed by atoms with E-state index < -0.39 is 17.8 Å². The number of amides is 1. The molecule has 0 radical (unpaired) electrons. The summed E-state index contributed by atoms with van der Waals surface area (Å²) < 4.78 is 44.5. The van der Waals surface area contributed by atoms with E-state index >= 15 is 0 Å². The van der Waals surface area contributed by atoms with Crippen LogP contribution in [0.25, 0.3) is 11.1 Å². The number of alkyl halides is 3. The largest absolute Gasteiger partial charge is 0.530 e. The van der Waals surface area contributed by atoms with E-state index in [0.29, 0.717) is 24.2 Å². The SMILES string of the molecule is O=C([O-])NC1CCCC(OCc2ccc(-c3cccc(C(F)(F)F)c3)cc2)C1. The van der Waals surface area contributed by atoms with Crippen LogP contribution in [0.1, 0.15) is 36.8 Å². The van der Waals surface area contributed by atoms with Gasteiger partial charge in [-0.3, -0.25) is 0 Å². The van der Waals surface area contributed by atoms with Crippen molar-refractivity contribution < 1.29 is 27.8 Å². The first-order chi connectivity index (χ1) is 13.3. The highest BCUT2D eigenvalue weighted by Gasteiger charge is 2.30. The normalized spacial score (nSPS) is 20.0. The van der Waals surface area contributed by atoms with Crippen LogP contribution in [0.2, 0.25) is 0 Å². The topological polar surface area (TPSA) is 61.4 Å². The Morgan fingerprint density at radius 2 is 1.86 bits per heavy atom. The molecule has 0 spiro atoms. The van der Waals surface area contributed by atoms with Crippen LogP contribution in [0.4, 0.5) is 18.0 Å². The summed E-state index contributed by atoms with van der Waals surface area (Å²) in [5, 5.41) is 13.0. The van der Waals surface area contributed by atoms with Crippen molar-refractivity contribution in [2.45, 2.75) is 50.6 Å². The molecule has 2 aromatic rings. The molecule has 1 fully saturated rings. The Hall–Kier alpha value is -2.54. The second kappa shape index (κ2) is 8.65. The zero-order valence-electron chi connectivity index (χ0n) is 15.2. The van der Waals surface area contributed by atoms with Crippen LogP contribution < -0.4 is 10.4 Å². The Balaban J connectivity index is 1.58. The molecule has 7 heteroatoms. The van der Waals surface area contributed by atoms with Crippen LogP contribution in [-0.4, -0.2) is 18.2 Å². The summed E-state index contributed by atoms with van der Waals surface area (Å²) in [5.74, 6) is 0. The first kappa shape index (κ1) is 20.2. The molecule has 3 rings (SSSR count). The lowest BCUT2D eigenvalue weighted by molar-refractivity contribution is -0.252. The van der Waals surface area contributed by atoms with Crippen molar-refractivity contribution in [2.75, 3.05) is 0 Å². The number of rotatable bonds is 5. The number of benzene rings is 2. The fourth-order valence-electron chi connectivity index (χ4n) is 3.48. The van der Waals surface area contributed by atoms with Gasteiger partial charge in [0.05, 0.1) is 18.3 Å². The van der Waals surface area contributed by atoms with Gasteiger partial charge in [0.2, 0.25) is 0 Å². The maximum absolute atomic E-state index is 12.9. The van der Waals surface area contributed by atoms with Gasteiger partial charge in [0, 0.05) is 6.04 Å². The van der Waals surface area contributed by atoms with Crippen molar-refractivity contribution in [3.8, 4) is 11.1 Å². The average Bonchev–Trinajstić information content (AvgIpc) is 2.66. The molecule has 150 valence electrons. The zero-order chi connectivity index (χ0) is 20.1. The summed E-state index contributed by atoms with van der Waals surface area (Å²) in [6.07, 6.45) is -2.54. The summed E-state index contributed by atoms with van der Waals surface area (Å²) in [6, 6.07) is 12.3. The van der Waals surface area contributed by atoms with Crippen molar-refractivity contribution in [1.82, 2.24) is 5.32 Å². The molecule has 0 aromatic heterocycles. The number of ether oxygens (including phenoxy) is 1. The number of hydrogen-bond acceptors (Lipinski definition) is 3. The molecule has 0 heterocycles. The van der Waals surface area contributed by atoms with Gasteiger partial charge in [-0.15, -0.1) is 0 Å². The molecule has 1 aliphatic rings. The summed E-state index contributed by atoms with van der Waals surface area (Å²) in [6.45, 7) is 0.367. The number of halogens is 3. The number of hydrogen-bond donors (Lipinski definition) is 1. The van der Waals surface area contributed by atoms with Crippen molar-refractivity contribution in [1.29, 1.82) is 0 Å². The maximum Gasteiger partial charge on any atom is 0.416 e. The van der Waals surface area contributed by atoms with Gasteiger partial charge in [0.1, 0.15) is 6.09 Å². The first-order valence-electron chi connectivity index (χ1n) is 9.17. The lowest BCUT2D eigenvalue weighted by Gasteiger charge is -2.30. The summed E-state index contributed by atoms with van der Waals surface area (Å²) >= 11 is 0. The monoisotopic (exact) mass is 392 g/mol. The fourth-order valence-corrected chi connectivity index (χ4v) is 3.48. The molecule has 2 aromatic carbocycles. The minimum absolute atomic E-state index is 0.0336. The van der Waals surface area contributed by atoms with Gasteiger partial charge in [0.15, 0.2) is 0 Å². The first-order valence-corrected chi connectivity index (χ1v) is 9.17. The third-order valence-electron chi connectivity index (χ3n) is 4.91. The second-order valence-electron chi connectivity index (χ2n) is 7.00. The third-order valence-corrected chi connectivity index (χ3v) is 4.91. The Morgan fingerprint density at radius 3 is 2.54 bits per heavy atom. The van der Waals surface area contributed by atoms with Gasteiger partial charge >= 0.3 is 6.18 Å². The molecule has 1 aliphatic carbocycles. The molecule has 0 bridgehead atoms. The van der Waals surface area contributed by atoms with Crippen molar-refractivity contribution in [3.05, 3.63) is 59.7 Å². The van der Waals surface area contributed by atoms with Gasteiger partial charge in [0.25, 0.3) is 0 Å². The van der Waals surface area contributed by atoms with E-state index in [9.17, 15) is 23.1 Å². The molecule has 28 heavy (non-hydrogen) atoms. The van der Waals surface area contributed by atoms with Crippen LogP contribution >= 0.6 is 0 Å². The third kappa shape index (κ3) is 5.48. The minimum atomic E-state index is -4.37. The van der Waals surface area contributed by atoms with E-state index in [1.807, 2.05) is 12.1 Å². The number of carbonyl (C=O) groups excluding carboxylic acids is 1. The van der Waals surface area contributed by atoms with E-state index in [0.717, 1.165) is 37.0 Å². The van der Waals surface area contributed by atoms with Crippen LogP contribution in [0.5, 0.6) is 0 Å². The molecule has 1 saturated carbocycles. The molecular formula is C21H21F3NO3-. The molecule has 0 aliphatic heterocycles. The van der Waals surface area contributed by atoms with E-state index in [2.05, 4.69) is 5.32 Å². The number of carbonyl (C=O) groups is 1. The standard InChI is InChI=1S/C21H22F3NO3/c22-21(23,24)17-4-1-3-16(11-17)15-9-7-14(8-10-15)13-28-19-6-2-5-18(12-19)25-20(26)27/h1,3-4,7-11,18-19,25H,2,5-6,12-13H2,(H,26,27)/p-1. The smallest absolute Gasteiger partial charge is 0.416 e. The number of nitrogens with one attached hydrogen (secondary N) is 1. The molecule has 1 amide bonds. The minimum Gasteiger partial charge on any atom is -0.530 e. The Labute approximate surface area is 161 Å². The van der Waals surface area contributed by atoms with Crippen molar-refractivity contribution in [2.24, 2.45) is 0 Å². The van der Waals surface area contributed by atoms with E-state index in [4.69, 9.17) is 4.74 Å². The zero-order valence-corrected chi connectivity index (χ0v) is 15.2. The lowest BCUT2D eigenvalue weighted by atomic mass is 9.93. The highest BCUT2D eigenvalue weighted by atomic mass is 19.4. The van der Waals surface area contributed by atoms with Crippen LogP contribution in [0.15, 0.2) is 48.5 Å². The Bertz CT molecular complexity index is 805. The second-order valence-corrected chi connectivity index (χ2v) is 7.00. The average molecular weight is 392 g/mol.